The van der Waals surface area contributed by atoms with E-state index in [2.05, 4.69) is 27.1 Å². The minimum absolute atomic E-state index is 0.132. The van der Waals surface area contributed by atoms with Crippen molar-refractivity contribution >= 4 is 28.5 Å². The number of hydrogen-bond acceptors (Lipinski definition) is 7. The first-order valence-corrected chi connectivity index (χ1v) is 14.2. The molecule has 5 heterocycles. The van der Waals surface area contributed by atoms with Crippen LogP contribution in [0.15, 0.2) is 41.6 Å². The molecule has 11 nitrogen and oxygen atoms in total. The number of hydrogen-bond donors (Lipinski definition) is 1. The van der Waals surface area contributed by atoms with Gasteiger partial charge in [-0.2, -0.15) is 5.10 Å². The van der Waals surface area contributed by atoms with Crippen LogP contribution >= 0.6 is 0 Å². The van der Waals surface area contributed by atoms with Crippen molar-refractivity contribution < 1.29 is 14.7 Å². The summed E-state index contributed by atoms with van der Waals surface area (Å²) in [5, 5.41) is 16.1. The van der Waals surface area contributed by atoms with E-state index in [1.165, 1.54) is 17.1 Å². The van der Waals surface area contributed by atoms with E-state index in [9.17, 15) is 19.5 Å². The van der Waals surface area contributed by atoms with Gasteiger partial charge < -0.3 is 19.8 Å². The molecule has 4 aliphatic rings. The zero-order valence-electron chi connectivity index (χ0n) is 23.0. The Kier molecular flexibility index (Phi) is 5.61. The average Bonchev–Trinajstić information content (AvgIpc) is 3.28. The number of fused-ring (bicyclic) bond motifs is 3. The lowest BCUT2D eigenvalue weighted by Crippen LogP contribution is -2.51. The molecule has 0 radical (unpaired) electrons. The number of aromatic nitrogens is 4. The number of likely N-dealkylation sites (tertiary alicyclic amines) is 2. The Bertz CT molecular complexity index is 1550. The SMILES string of the molecule is CC(=O)N1C[C@@H]2C[C@H]1CN2c1ccc(-n2ncc3c(=O)n(CC4(O)CCN(C(=O)C5(C)CC5)CC4)cnc32)cc1. The highest BCUT2D eigenvalue weighted by Gasteiger charge is 2.48. The Morgan fingerprint density at radius 3 is 2.35 bits per heavy atom. The van der Waals surface area contributed by atoms with Gasteiger partial charge in [-0.3, -0.25) is 19.0 Å². The first-order chi connectivity index (χ1) is 19.1. The van der Waals surface area contributed by atoms with E-state index in [-0.39, 0.29) is 35.4 Å². The third-order valence-electron chi connectivity index (χ3n) is 9.59. The van der Waals surface area contributed by atoms with Crippen LogP contribution in [-0.4, -0.2) is 89.9 Å². The normalized spacial score (nSPS) is 24.6. The fourth-order valence-corrected chi connectivity index (χ4v) is 6.79. The van der Waals surface area contributed by atoms with E-state index in [1.807, 2.05) is 28.9 Å². The molecule has 1 N–H and O–H groups in total. The zero-order valence-corrected chi connectivity index (χ0v) is 23.0. The van der Waals surface area contributed by atoms with Crippen LogP contribution in [-0.2, 0) is 16.1 Å². The minimum atomic E-state index is -1.07. The molecule has 40 heavy (non-hydrogen) atoms. The molecule has 1 aliphatic carbocycles. The van der Waals surface area contributed by atoms with Gasteiger partial charge in [0.15, 0.2) is 5.65 Å². The molecule has 1 saturated carbocycles. The van der Waals surface area contributed by atoms with Gasteiger partial charge in [0.25, 0.3) is 5.56 Å². The van der Waals surface area contributed by atoms with E-state index in [1.54, 1.807) is 11.6 Å². The lowest BCUT2D eigenvalue weighted by Gasteiger charge is -2.39. The van der Waals surface area contributed by atoms with Gasteiger partial charge in [0.1, 0.15) is 11.7 Å². The molecule has 2 bridgehead atoms. The number of rotatable bonds is 5. The lowest BCUT2D eigenvalue weighted by atomic mass is 9.90. The van der Waals surface area contributed by atoms with Crippen molar-refractivity contribution in [3.63, 3.8) is 0 Å². The van der Waals surface area contributed by atoms with Crippen molar-refractivity contribution in [2.24, 2.45) is 5.41 Å². The minimum Gasteiger partial charge on any atom is -0.388 e. The third-order valence-corrected chi connectivity index (χ3v) is 9.59. The van der Waals surface area contributed by atoms with E-state index < -0.39 is 5.60 Å². The van der Waals surface area contributed by atoms with Crippen LogP contribution in [0.3, 0.4) is 0 Å². The summed E-state index contributed by atoms with van der Waals surface area (Å²) in [6.07, 6.45) is 6.75. The maximum atomic E-state index is 13.3. The van der Waals surface area contributed by atoms with Gasteiger partial charge in [0, 0.05) is 50.2 Å². The first-order valence-electron chi connectivity index (χ1n) is 14.2. The van der Waals surface area contributed by atoms with Crippen molar-refractivity contribution in [2.45, 2.75) is 70.2 Å². The zero-order chi connectivity index (χ0) is 27.8. The largest absolute Gasteiger partial charge is 0.388 e. The molecule has 11 heteroatoms. The maximum absolute atomic E-state index is 13.3. The smallest absolute Gasteiger partial charge is 0.264 e. The van der Waals surface area contributed by atoms with Gasteiger partial charge in [0.2, 0.25) is 11.8 Å². The molecule has 0 spiro atoms. The fourth-order valence-electron chi connectivity index (χ4n) is 6.79. The molecule has 1 aromatic carbocycles. The summed E-state index contributed by atoms with van der Waals surface area (Å²) in [5.74, 6) is 0.330. The summed E-state index contributed by atoms with van der Waals surface area (Å²) in [4.78, 5) is 48.6. The van der Waals surface area contributed by atoms with Gasteiger partial charge >= 0.3 is 0 Å². The number of carbonyl (C=O) groups is 2. The van der Waals surface area contributed by atoms with Crippen LogP contribution in [0.2, 0.25) is 0 Å². The van der Waals surface area contributed by atoms with Crippen LogP contribution in [0, 0.1) is 5.41 Å². The van der Waals surface area contributed by atoms with Crippen molar-refractivity contribution in [1.82, 2.24) is 29.1 Å². The number of piperidine rings is 1. The molecule has 210 valence electrons. The maximum Gasteiger partial charge on any atom is 0.264 e. The number of aliphatic hydroxyl groups is 1. The molecular formula is C29H35N7O4. The number of anilines is 1. The molecular weight excluding hydrogens is 510 g/mol. The first kappa shape index (κ1) is 25.3. The standard InChI is InChI=1S/C29H35N7O4/c1-19(37)34-15-23-13-22(34)16-35(23)20-3-5-21(6-4-20)36-25-24(14-31-36)26(38)33(18-30-25)17-29(40)9-11-32(12-10-29)27(39)28(2)7-8-28/h3-6,14,18,22-23,40H,7-13,15-17H2,1-2H3/t22-,23-/m0/s1. The van der Waals surface area contributed by atoms with E-state index >= 15 is 0 Å². The molecule has 4 fully saturated rings. The van der Waals surface area contributed by atoms with Gasteiger partial charge in [-0.25, -0.2) is 9.67 Å². The topological polar surface area (TPSA) is 117 Å². The van der Waals surface area contributed by atoms with E-state index in [0.29, 0.717) is 43.0 Å². The summed E-state index contributed by atoms with van der Waals surface area (Å²) >= 11 is 0. The van der Waals surface area contributed by atoms with Crippen LogP contribution in [0.4, 0.5) is 5.69 Å². The number of nitrogens with zero attached hydrogens (tertiary/aromatic N) is 7. The summed E-state index contributed by atoms with van der Waals surface area (Å²) in [7, 11) is 0. The molecule has 3 aromatic rings. The van der Waals surface area contributed by atoms with Crippen LogP contribution in [0.1, 0.15) is 46.0 Å². The molecule has 2 aromatic heterocycles. The van der Waals surface area contributed by atoms with Crippen LogP contribution < -0.4 is 10.5 Å². The average molecular weight is 546 g/mol. The highest BCUT2D eigenvalue weighted by Crippen LogP contribution is 2.47. The van der Waals surface area contributed by atoms with Crippen LogP contribution in [0.25, 0.3) is 16.7 Å². The molecule has 3 saturated heterocycles. The molecule has 2 atom stereocenters. The second-order valence-electron chi connectivity index (χ2n) is 12.4. The predicted molar refractivity (Wildman–Crippen MR) is 148 cm³/mol. The predicted octanol–water partition coefficient (Wildman–Crippen LogP) is 1.55. The van der Waals surface area contributed by atoms with Crippen molar-refractivity contribution in [2.75, 3.05) is 31.1 Å². The monoisotopic (exact) mass is 545 g/mol. The Balaban J connectivity index is 1.05. The Morgan fingerprint density at radius 2 is 1.73 bits per heavy atom. The van der Waals surface area contributed by atoms with E-state index in [0.717, 1.165) is 43.7 Å². The highest BCUT2D eigenvalue weighted by molar-refractivity contribution is 5.85. The van der Waals surface area contributed by atoms with E-state index in [4.69, 9.17) is 0 Å². The Hall–Kier alpha value is -3.73. The lowest BCUT2D eigenvalue weighted by molar-refractivity contribution is -0.141. The molecule has 0 unspecified atom stereocenters. The molecule has 2 amide bonds. The van der Waals surface area contributed by atoms with Crippen molar-refractivity contribution in [3.8, 4) is 5.69 Å². The molecule has 7 rings (SSSR count). The molecule has 3 aliphatic heterocycles. The number of carbonyl (C=O) groups excluding carboxylic acids is 2. The second-order valence-corrected chi connectivity index (χ2v) is 12.4. The number of piperazine rings is 1. The summed E-state index contributed by atoms with van der Waals surface area (Å²) < 4.78 is 3.12. The van der Waals surface area contributed by atoms with Gasteiger partial charge in [0.05, 0.1) is 30.1 Å². The van der Waals surface area contributed by atoms with Crippen LogP contribution in [0.5, 0.6) is 0 Å². The van der Waals surface area contributed by atoms with Gasteiger partial charge in [-0.1, -0.05) is 6.92 Å². The van der Waals surface area contributed by atoms with Gasteiger partial charge in [-0.05, 0) is 56.4 Å². The van der Waals surface area contributed by atoms with Gasteiger partial charge in [-0.15, -0.1) is 0 Å². The second kappa shape index (κ2) is 8.89. The Labute approximate surface area is 232 Å². The Morgan fingerprint density at radius 1 is 1.02 bits per heavy atom. The summed E-state index contributed by atoms with van der Waals surface area (Å²) in [5.41, 5.74) is 0.859. The van der Waals surface area contributed by atoms with Crippen molar-refractivity contribution in [1.29, 1.82) is 0 Å². The fraction of sp³-hybridized carbons (Fsp3) is 0.552. The summed E-state index contributed by atoms with van der Waals surface area (Å²) in [6, 6.07) is 8.68. The van der Waals surface area contributed by atoms with Crippen molar-refractivity contribution in [3.05, 3.63) is 47.1 Å². The highest BCUT2D eigenvalue weighted by atomic mass is 16.3. The number of amides is 2. The third kappa shape index (κ3) is 4.09. The summed E-state index contributed by atoms with van der Waals surface area (Å²) in [6.45, 7) is 6.39. The quantitative estimate of drug-likeness (QED) is 0.517. The number of benzene rings is 1.